The number of hydrogen-bond acceptors (Lipinski definition) is 1. The van der Waals surface area contributed by atoms with Crippen LogP contribution in [0.5, 0.6) is 0 Å². The third-order valence-electron chi connectivity index (χ3n) is 6.47. The van der Waals surface area contributed by atoms with Gasteiger partial charge in [-0.05, 0) is 79.0 Å². The fourth-order valence-corrected chi connectivity index (χ4v) is 4.38. The van der Waals surface area contributed by atoms with Gasteiger partial charge in [0.2, 0.25) is 0 Å². The normalized spacial score (nSPS) is 19.2. The van der Waals surface area contributed by atoms with Crippen LogP contribution in [0.2, 0.25) is 0 Å². The van der Waals surface area contributed by atoms with Crippen molar-refractivity contribution in [2.24, 2.45) is 11.8 Å². The van der Waals surface area contributed by atoms with Crippen LogP contribution in [0, 0.1) is 11.8 Å². The van der Waals surface area contributed by atoms with Gasteiger partial charge in [0.05, 0.1) is 6.61 Å². The van der Waals surface area contributed by atoms with E-state index in [1.165, 1.54) is 73.6 Å². The molecule has 1 aliphatic carbocycles. The van der Waals surface area contributed by atoms with Gasteiger partial charge >= 0.3 is 0 Å². The summed E-state index contributed by atoms with van der Waals surface area (Å²) in [5.74, 6) is 1.67. The Morgan fingerprint density at radius 2 is 1.48 bits per heavy atom. The molecule has 0 spiro atoms. The summed E-state index contributed by atoms with van der Waals surface area (Å²) in [5.41, 5.74) is 5.31. The van der Waals surface area contributed by atoms with Gasteiger partial charge in [-0.25, -0.2) is 0 Å². The molecular weight excluding hydrogens is 352 g/mol. The van der Waals surface area contributed by atoms with Crippen molar-refractivity contribution in [2.45, 2.75) is 71.3 Å². The number of hydrogen-bond donors (Lipinski definition) is 0. The van der Waals surface area contributed by atoms with Gasteiger partial charge in [0.25, 0.3) is 0 Å². The number of benzene rings is 2. The Bertz CT molecular complexity index is 705. The Balaban J connectivity index is 1.44. The molecule has 0 saturated heterocycles. The lowest BCUT2D eigenvalue weighted by Gasteiger charge is -2.26. The van der Waals surface area contributed by atoms with E-state index in [9.17, 15) is 0 Å². The minimum atomic E-state index is 0.720. The predicted octanol–water partition coefficient (Wildman–Crippen LogP) is 7.99. The maximum Gasteiger partial charge on any atom is 0.0716 e. The highest BCUT2D eigenvalue weighted by atomic mass is 16.5. The minimum Gasteiger partial charge on any atom is -0.377 e. The van der Waals surface area contributed by atoms with E-state index in [1.807, 2.05) is 0 Å². The second-order valence-electron chi connectivity index (χ2n) is 8.71. The fourth-order valence-electron chi connectivity index (χ4n) is 4.38. The highest BCUT2D eigenvalue weighted by Gasteiger charge is 2.18. The summed E-state index contributed by atoms with van der Waals surface area (Å²) in [6, 6.07) is 18.0. The summed E-state index contributed by atoms with van der Waals surface area (Å²) < 4.78 is 5.77. The summed E-state index contributed by atoms with van der Waals surface area (Å²) in [6.07, 6.45) is 13.8. The molecule has 2 aromatic carbocycles. The number of unbranched alkanes of at least 4 members (excludes halogenated alkanes) is 2. The van der Waals surface area contributed by atoms with Gasteiger partial charge in [-0.2, -0.15) is 0 Å². The first kappa shape index (κ1) is 21.8. The van der Waals surface area contributed by atoms with Gasteiger partial charge in [-0.3, -0.25) is 0 Å². The van der Waals surface area contributed by atoms with E-state index in [0.717, 1.165) is 31.5 Å². The lowest BCUT2D eigenvalue weighted by Crippen LogP contribution is -2.13. The predicted molar refractivity (Wildman–Crippen MR) is 125 cm³/mol. The van der Waals surface area contributed by atoms with Crippen LogP contribution in [-0.2, 0) is 17.8 Å². The first-order valence-corrected chi connectivity index (χ1v) is 11.7. The van der Waals surface area contributed by atoms with E-state index < -0.39 is 0 Å². The Morgan fingerprint density at radius 3 is 2.07 bits per heavy atom. The third-order valence-corrected chi connectivity index (χ3v) is 6.47. The molecule has 1 aliphatic rings. The molecule has 0 amide bonds. The molecular formula is C28H38O. The van der Waals surface area contributed by atoms with Gasteiger partial charge in [0, 0.05) is 6.61 Å². The van der Waals surface area contributed by atoms with Crippen LogP contribution in [0.15, 0.2) is 61.2 Å². The van der Waals surface area contributed by atoms with Crippen molar-refractivity contribution < 1.29 is 4.74 Å². The largest absolute Gasteiger partial charge is 0.377 e. The van der Waals surface area contributed by atoms with Crippen molar-refractivity contribution in [1.29, 1.82) is 0 Å². The molecule has 1 saturated carbocycles. The van der Waals surface area contributed by atoms with Crippen molar-refractivity contribution >= 4 is 0 Å². The molecule has 0 heterocycles. The lowest BCUT2D eigenvalue weighted by atomic mass is 9.79. The van der Waals surface area contributed by atoms with Crippen molar-refractivity contribution in [2.75, 3.05) is 6.61 Å². The zero-order chi connectivity index (χ0) is 20.3. The van der Waals surface area contributed by atoms with Crippen molar-refractivity contribution in [3.8, 4) is 11.1 Å². The molecule has 1 fully saturated rings. The number of aryl methyl sites for hydroxylation is 1. The maximum atomic E-state index is 5.77. The van der Waals surface area contributed by atoms with Gasteiger partial charge in [-0.15, -0.1) is 6.58 Å². The molecule has 0 atom stereocenters. The molecule has 0 N–H and O–H groups in total. The molecule has 29 heavy (non-hydrogen) atoms. The summed E-state index contributed by atoms with van der Waals surface area (Å²) in [4.78, 5) is 0. The second-order valence-corrected chi connectivity index (χ2v) is 8.71. The number of rotatable bonds is 11. The van der Waals surface area contributed by atoms with E-state index in [-0.39, 0.29) is 0 Å². The van der Waals surface area contributed by atoms with Crippen LogP contribution in [0.3, 0.4) is 0 Å². The smallest absolute Gasteiger partial charge is 0.0716 e. The average Bonchev–Trinajstić information content (AvgIpc) is 2.79. The van der Waals surface area contributed by atoms with Crippen LogP contribution in [0.1, 0.15) is 69.4 Å². The summed E-state index contributed by atoms with van der Waals surface area (Å²) in [6.45, 7) is 7.77. The molecule has 0 aromatic heterocycles. The van der Waals surface area contributed by atoms with E-state index >= 15 is 0 Å². The van der Waals surface area contributed by atoms with Crippen molar-refractivity contribution in [3.63, 3.8) is 0 Å². The first-order chi connectivity index (χ1) is 14.3. The summed E-state index contributed by atoms with van der Waals surface area (Å²) in [5, 5.41) is 0. The minimum absolute atomic E-state index is 0.720. The Morgan fingerprint density at radius 1 is 0.862 bits per heavy atom. The van der Waals surface area contributed by atoms with Gasteiger partial charge in [0.1, 0.15) is 0 Å². The zero-order valence-electron chi connectivity index (χ0n) is 18.2. The second kappa shape index (κ2) is 12.0. The molecule has 2 aromatic rings. The topological polar surface area (TPSA) is 9.23 Å². The van der Waals surface area contributed by atoms with Gasteiger partial charge in [0.15, 0.2) is 0 Å². The van der Waals surface area contributed by atoms with Crippen LogP contribution in [0.25, 0.3) is 11.1 Å². The van der Waals surface area contributed by atoms with Gasteiger partial charge < -0.3 is 4.74 Å². The van der Waals surface area contributed by atoms with Crippen molar-refractivity contribution in [3.05, 3.63) is 72.3 Å². The first-order valence-electron chi connectivity index (χ1n) is 11.7. The summed E-state index contributed by atoms with van der Waals surface area (Å²) >= 11 is 0. The maximum absolute atomic E-state index is 5.77. The van der Waals surface area contributed by atoms with Crippen LogP contribution in [-0.4, -0.2) is 6.61 Å². The number of allylic oxidation sites excluding steroid dienone is 1. The molecule has 0 aliphatic heterocycles. The van der Waals surface area contributed by atoms with E-state index in [4.69, 9.17) is 4.74 Å². The molecule has 0 unspecified atom stereocenters. The molecule has 3 rings (SSSR count). The third kappa shape index (κ3) is 7.16. The quantitative estimate of drug-likeness (QED) is 0.279. The van der Waals surface area contributed by atoms with Crippen LogP contribution >= 0.6 is 0 Å². The van der Waals surface area contributed by atoms with Crippen LogP contribution < -0.4 is 0 Å². The fraction of sp³-hybridized carbons (Fsp3) is 0.500. The van der Waals surface area contributed by atoms with Gasteiger partial charge in [-0.1, -0.05) is 74.4 Å². The Kier molecular flexibility index (Phi) is 9.02. The Labute approximate surface area is 178 Å². The monoisotopic (exact) mass is 390 g/mol. The SMILES string of the molecule is C=CC1CCC(CCc2ccc(-c3ccc(COCCCCC)cc3)cc2)CC1. The lowest BCUT2D eigenvalue weighted by molar-refractivity contribution is 0.117. The Hall–Kier alpha value is -1.86. The highest BCUT2D eigenvalue weighted by molar-refractivity contribution is 5.63. The van der Waals surface area contributed by atoms with Crippen molar-refractivity contribution in [1.82, 2.24) is 0 Å². The van der Waals surface area contributed by atoms with E-state index in [2.05, 4.69) is 68.1 Å². The molecule has 1 heteroatoms. The molecule has 0 bridgehead atoms. The van der Waals surface area contributed by atoms with E-state index in [0.29, 0.717) is 0 Å². The molecule has 156 valence electrons. The average molecular weight is 391 g/mol. The zero-order valence-corrected chi connectivity index (χ0v) is 18.2. The van der Waals surface area contributed by atoms with Crippen LogP contribution in [0.4, 0.5) is 0 Å². The highest BCUT2D eigenvalue weighted by Crippen LogP contribution is 2.32. The van der Waals surface area contributed by atoms with E-state index in [1.54, 1.807) is 0 Å². The molecule has 0 radical (unpaired) electrons. The summed E-state index contributed by atoms with van der Waals surface area (Å²) in [7, 11) is 0. The number of ether oxygens (including phenoxy) is 1. The molecule has 1 nitrogen and oxygen atoms in total. The standard InChI is InChI=1S/C28H38O/c1-3-5-6-21-29-22-26-15-19-28(20-16-26)27-17-13-25(14-18-27)12-11-24-9-7-23(4-2)8-10-24/h4,13-20,23-24H,2-3,5-12,21-22H2,1H3.